The van der Waals surface area contributed by atoms with Gasteiger partial charge in [0.2, 0.25) is 0 Å². The van der Waals surface area contributed by atoms with Crippen molar-refractivity contribution in [2.75, 3.05) is 40.5 Å². The van der Waals surface area contributed by atoms with Crippen molar-refractivity contribution in [2.24, 2.45) is 10.9 Å². The average molecular weight is 233 g/mol. The molecule has 0 aliphatic carbocycles. The lowest BCUT2D eigenvalue weighted by Gasteiger charge is -2.28. The molecular formula is C10H23N3O3. The van der Waals surface area contributed by atoms with Crippen LogP contribution in [-0.4, -0.2) is 62.5 Å². The van der Waals surface area contributed by atoms with Crippen LogP contribution in [-0.2, 0) is 9.47 Å². The Hall–Kier alpha value is -0.850. The van der Waals surface area contributed by atoms with E-state index in [0.29, 0.717) is 19.6 Å². The summed E-state index contributed by atoms with van der Waals surface area (Å²) in [5, 5.41) is 11.5. The van der Waals surface area contributed by atoms with E-state index < -0.39 is 0 Å². The van der Waals surface area contributed by atoms with Crippen LogP contribution in [0, 0.1) is 0 Å². The smallest absolute Gasteiger partial charge is 0.140 e. The van der Waals surface area contributed by atoms with Gasteiger partial charge in [-0.3, -0.25) is 4.90 Å². The Bertz CT molecular complexity index is 192. The Morgan fingerprint density at radius 2 is 1.81 bits per heavy atom. The van der Waals surface area contributed by atoms with E-state index in [9.17, 15) is 0 Å². The Balaban J connectivity index is 4.13. The maximum Gasteiger partial charge on any atom is 0.140 e. The van der Waals surface area contributed by atoms with Crippen LogP contribution in [0.25, 0.3) is 0 Å². The summed E-state index contributed by atoms with van der Waals surface area (Å²) in [5.41, 5.74) is 5.48. The summed E-state index contributed by atoms with van der Waals surface area (Å²) in [5.74, 6) is 0.243. The van der Waals surface area contributed by atoms with Crippen LogP contribution in [0.2, 0.25) is 0 Å². The number of nitrogens with two attached hydrogens (primary N) is 1. The monoisotopic (exact) mass is 233 g/mol. The molecule has 0 aromatic heterocycles. The maximum absolute atomic E-state index is 8.51. The van der Waals surface area contributed by atoms with Gasteiger partial charge in [0, 0.05) is 39.8 Å². The molecule has 0 radical (unpaired) electrons. The molecule has 3 N–H and O–H groups in total. The van der Waals surface area contributed by atoms with Gasteiger partial charge >= 0.3 is 0 Å². The molecule has 6 heteroatoms. The van der Waals surface area contributed by atoms with E-state index in [1.165, 1.54) is 0 Å². The summed E-state index contributed by atoms with van der Waals surface area (Å²) in [6, 6.07) is 0.196. The predicted octanol–water partition coefficient (Wildman–Crippen LogP) is 0.106. The van der Waals surface area contributed by atoms with E-state index in [2.05, 4.69) is 10.1 Å². The molecule has 6 nitrogen and oxygen atoms in total. The van der Waals surface area contributed by atoms with Crippen molar-refractivity contribution in [1.82, 2.24) is 4.90 Å². The zero-order valence-corrected chi connectivity index (χ0v) is 10.3. The summed E-state index contributed by atoms with van der Waals surface area (Å²) in [7, 11) is 3.34. The highest BCUT2D eigenvalue weighted by Gasteiger charge is 2.14. The number of oxime groups is 1. The SMILES string of the molecule is COCCN(CCOC)C(C)C/C(N)=N/O. The first kappa shape index (κ1) is 15.2. The van der Waals surface area contributed by atoms with Crippen molar-refractivity contribution in [2.45, 2.75) is 19.4 Å². The average Bonchev–Trinajstić information content (AvgIpc) is 2.28. The minimum absolute atomic E-state index is 0.196. The first-order valence-electron chi connectivity index (χ1n) is 5.34. The molecular weight excluding hydrogens is 210 g/mol. The summed E-state index contributed by atoms with van der Waals surface area (Å²) in [4.78, 5) is 2.19. The fraction of sp³-hybridized carbons (Fsp3) is 0.900. The number of rotatable bonds is 9. The molecule has 0 aromatic rings. The molecule has 0 saturated heterocycles. The van der Waals surface area contributed by atoms with Gasteiger partial charge in [-0.25, -0.2) is 0 Å². The molecule has 0 rings (SSSR count). The molecule has 0 aliphatic heterocycles. The molecule has 0 aromatic carbocycles. The van der Waals surface area contributed by atoms with Crippen LogP contribution in [0.4, 0.5) is 0 Å². The van der Waals surface area contributed by atoms with Crippen LogP contribution in [0.15, 0.2) is 5.16 Å². The molecule has 0 amide bonds. The minimum Gasteiger partial charge on any atom is -0.409 e. The second-order valence-corrected chi connectivity index (χ2v) is 3.67. The van der Waals surface area contributed by atoms with Crippen molar-refractivity contribution in [3.05, 3.63) is 0 Å². The van der Waals surface area contributed by atoms with Gasteiger partial charge in [-0.1, -0.05) is 5.16 Å². The lowest BCUT2D eigenvalue weighted by Crippen LogP contribution is -2.40. The van der Waals surface area contributed by atoms with Gasteiger partial charge in [0.05, 0.1) is 13.2 Å². The van der Waals surface area contributed by atoms with Crippen molar-refractivity contribution in [3.8, 4) is 0 Å². The Labute approximate surface area is 97.0 Å². The molecule has 0 fully saturated rings. The third-order valence-corrected chi connectivity index (χ3v) is 2.42. The summed E-state index contributed by atoms with van der Waals surface area (Å²) in [6.07, 6.45) is 0.532. The molecule has 1 atom stereocenters. The van der Waals surface area contributed by atoms with Crippen LogP contribution >= 0.6 is 0 Å². The lowest BCUT2D eigenvalue weighted by atomic mass is 10.2. The van der Waals surface area contributed by atoms with Crippen LogP contribution in [0.5, 0.6) is 0 Å². The van der Waals surface area contributed by atoms with Crippen molar-refractivity contribution < 1.29 is 14.7 Å². The third-order valence-electron chi connectivity index (χ3n) is 2.42. The number of hydrogen-bond acceptors (Lipinski definition) is 5. The van der Waals surface area contributed by atoms with Crippen molar-refractivity contribution in [1.29, 1.82) is 0 Å². The first-order chi connectivity index (χ1) is 7.65. The number of amidine groups is 1. The van der Waals surface area contributed by atoms with Gasteiger partial charge in [-0.05, 0) is 6.92 Å². The Kier molecular flexibility index (Phi) is 8.88. The van der Waals surface area contributed by atoms with Gasteiger partial charge in [0.15, 0.2) is 0 Å². The molecule has 0 spiro atoms. The fourth-order valence-corrected chi connectivity index (χ4v) is 1.44. The first-order valence-corrected chi connectivity index (χ1v) is 5.34. The fourth-order valence-electron chi connectivity index (χ4n) is 1.44. The van der Waals surface area contributed by atoms with Crippen LogP contribution < -0.4 is 5.73 Å². The zero-order chi connectivity index (χ0) is 12.4. The maximum atomic E-state index is 8.51. The third kappa shape index (κ3) is 6.60. The van der Waals surface area contributed by atoms with Gasteiger partial charge in [0.1, 0.15) is 5.84 Å². The summed E-state index contributed by atoms with van der Waals surface area (Å²) < 4.78 is 10.1. The van der Waals surface area contributed by atoms with Crippen molar-refractivity contribution >= 4 is 5.84 Å². The molecule has 16 heavy (non-hydrogen) atoms. The van der Waals surface area contributed by atoms with Gasteiger partial charge < -0.3 is 20.4 Å². The quantitative estimate of drug-likeness (QED) is 0.256. The summed E-state index contributed by atoms with van der Waals surface area (Å²) in [6.45, 7) is 4.96. The Morgan fingerprint density at radius 3 is 2.19 bits per heavy atom. The van der Waals surface area contributed by atoms with Gasteiger partial charge in [0.25, 0.3) is 0 Å². The summed E-state index contributed by atoms with van der Waals surface area (Å²) >= 11 is 0. The van der Waals surface area contributed by atoms with Crippen LogP contribution in [0.3, 0.4) is 0 Å². The molecule has 1 unspecified atom stereocenters. The highest BCUT2D eigenvalue weighted by atomic mass is 16.5. The largest absolute Gasteiger partial charge is 0.409 e. The Morgan fingerprint density at radius 1 is 1.31 bits per heavy atom. The highest BCUT2D eigenvalue weighted by molar-refractivity contribution is 5.80. The van der Waals surface area contributed by atoms with E-state index in [1.807, 2.05) is 6.92 Å². The van der Waals surface area contributed by atoms with E-state index in [0.717, 1.165) is 13.1 Å². The molecule has 96 valence electrons. The molecule has 0 saturated carbocycles. The van der Waals surface area contributed by atoms with Crippen LogP contribution in [0.1, 0.15) is 13.3 Å². The van der Waals surface area contributed by atoms with E-state index in [4.69, 9.17) is 20.4 Å². The predicted molar refractivity (Wildman–Crippen MR) is 62.8 cm³/mol. The lowest BCUT2D eigenvalue weighted by molar-refractivity contribution is 0.0935. The van der Waals surface area contributed by atoms with E-state index in [-0.39, 0.29) is 11.9 Å². The number of nitrogens with zero attached hydrogens (tertiary/aromatic N) is 2. The zero-order valence-electron chi connectivity index (χ0n) is 10.3. The number of ether oxygens (including phenoxy) is 2. The standard InChI is InChI=1S/C10H23N3O3/c1-9(8-10(11)12-14)13(4-6-15-2)5-7-16-3/h9,14H,4-8H2,1-3H3,(H2,11,12). The normalized spacial score (nSPS) is 14.4. The molecule has 0 bridgehead atoms. The van der Waals surface area contributed by atoms with Gasteiger partial charge in [-0.2, -0.15) is 0 Å². The minimum atomic E-state index is 0.196. The second kappa shape index (κ2) is 9.38. The second-order valence-electron chi connectivity index (χ2n) is 3.67. The highest BCUT2D eigenvalue weighted by Crippen LogP contribution is 2.03. The number of methoxy groups -OCH3 is 2. The molecule has 0 heterocycles. The van der Waals surface area contributed by atoms with E-state index in [1.54, 1.807) is 14.2 Å². The topological polar surface area (TPSA) is 80.3 Å². The van der Waals surface area contributed by atoms with Crippen molar-refractivity contribution in [3.63, 3.8) is 0 Å². The number of hydrogen-bond donors (Lipinski definition) is 2. The van der Waals surface area contributed by atoms with E-state index >= 15 is 0 Å². The van der Waals surface area contributed by atoms with Gasteiger partial charge in [-0.15, -0.1) is 0 Å². The molecule has 0 aliphatic rings.